The second-order valence-electron chi connectivity index (χ2n) is 7.08. The molecule has 0 aliphatic heterocycles. The number of pyridine rings is 1. The van der Waals surface area contributed by atoms with Crippen LogP contribution in [0.1, 0.15) is 27.0 Å². The van der Waals surface area contributed by atoms with Crippen LogP contribution in [0.25, 0.3) is 16.9 Å². The van der Waals surface area contributed by atoms with Gasteiger partial charge in [0.05, 0.1) is 0 Å². The van der Waals surface area contributed by atoms with Crippen LogP contribution in [0.15, 0.2) is 60.8 Å². The highest BCUT2D eigenvalue weighted by atomic mass is 19.1. The summed E-state index contributed by atoms with van der Waals surface area (Å²) in [5.41, 5.74) is 5.91. The summed E-state index contributed by atoms with van der Waals surface area (Å²) in [6, 6.07) is 15.7. The van der Waals surface area contributed by atoms with Crippen LogP contribution in [0.4, 0.5) is 10.2 Å². The molecule has 0 aliphatic carbocycles. The van der Waals surface area contributed by atoms with Crippen molar-refractivity contribution in [3.63, 3.8) is 0 Å². The van der Waals surface area contributed by atoms with Crippen molar-refractivity contribution in [2.24, 2.45) is 0 Å². The maximum absolute atomic E-state index is 13.5. The second-order valence-corrected chi connectivity index (χ2v) is 7.08. The van der Waals surface area contributed by atoms with Crippen LogP contribution >= 0.6 is 0 Å². The predicted octanol–water partition coefficient (Wildman–Crippen LogP) is 5.32. The highest BCUT2D eigenvalue weighted by Gasteiger charge is 2.18. The first kappa shape index (κ1) is 17.9. The summed E-state index contributed by atoms with van der Waals surface area (Å²) in [5.74, 6) is -0.266. The smallest absolute Gasteiger partial charge is 0.256 e. The molecule has 0 unspecified atom stereocenters. The molecule has 0 radical (unpaired) electrons. The lowest BCUT2D eigenvalue weighted by Gasteiger charge is -2.09. The van der Waals surface area contributed by atoms with Gasteiger partial charge in [-0.25, -0.2) is 9.37 Å². The molecule has 0 bridgehead atoms. The number of anilines is 1. The van der Waals surface area contributed by atoms with E-state index >= 15 is 0 Å². The minimum absolute atomic E-state index is 0.258. The number of halogens is 1. The van der Waals surface area contributed by atoms with Gasteiger partial charge in [0.25, 0.3) is 5.91 Å². The molecule has 0 atom stereocenters. The zero-order valence-corrected chi connectivity index (χ0v) is 16.0. The van der Waals surface area contributed by atoms with Crippen molar-refractivity contribution in [1.82, 2.24) is 9.38 Å². The number of amides is 1. The lowest BCUT2D eigenvalue weighted by atomic mass is 10.0. The molecule has 0 spiro atoms. The van der Waals surface area contributed by atoms with Crippen molar-refractivity contribution in [3.8, 4) is 11.3 Å². The number of hydrogen-bond acceptors (Lipinski definition) is 2. The molecule has 2 aromatic carbocycles. The number of hydrogen-bond donors (Lipinski definition) is 1. The van der Waals surface area contributed by atoms with Gasteiger partial charge in [-0.3, -0.25) is 9.20 Å². The lowest BCUT2D eigenvalue weighted by molar-refractivity contribution is 0.102. The standard InChI is InChI=1S/C23H20FN3O/c1-14-7-8-27-20(12-14)25-21(18-10-15(2)9-16(3)11-18)22(27)26-23(28)17-5-4-6-19(24)13-17/h4-13H,1-3H3,(H,26,28). The Morgan fingerprint density at radius 1 is 0.964 bits per heavy atom. The molecular formula is C23H20FN3O. The van der Waals surface area contributed by atoms with Crippen molar-refractivity contribution in [2.45, 2.75) is 20.8 Å². The van der Waals surface area contributed by atoms with Crippen LogP contribution in [-0.4, -0.2) is 15.3 Å². The highest BCUT2D eigenvalue weighted by Crippen LogP contribution is 2.31. The Hall–Kier alpha value is -3.47. The molecule has 4 nitrogen and oxygen atoms in total. The van der Waals surface area contributed by atoms with Crippen molar-refractivity contribution < 1.29 is 9.18 Å². The fourth-order valence-corrected chi connectivity index (χ4v) is 3.39. The van der Waals surface area contributed by atoms with Gasteiger partial charge in [-0.15, -0.1) is 0 Å². The summed E-state index contributed by atoms with van der Waals surface area (Å²) in [6.07, 6.45) is 1.88. The van der Waals surface area contributed by atoms with E-state index in [9.17, 15) is 9.18 Å². The van der Waals surface area contributed by atoms with E-state index in [1.807, 2.05) is 55.6 Å². The first-order valence-electron chi connectivity index (χ1n) is 9.05. The Morgan fingerprint density at radius 3 is 2.43 bits per heavy atom. The van der Waals surface area contributed by atoms with E-state index in [-0.39, 0.29) is 11.5 Å². The van der Waals surface area contributed by atoms with E-state index in [0.717, 1.165) is 27.9 Å². The SMILES string of the molecule is Cc1cc(C)cc(-c2nc3cc(C)ccn3c2NC(=O)c2cccc(F)c2)c1. The predicted molar refractivity (Wildman–Crippen MR) is 109 cm³/mol. The van der Waals surface area contributed by atoms with Gasteiger partial charge in [0.2, 0.25) is 0 Å². The minimum Gasteiger partial charge on any atom is -0.306 e. The number of nitrogens with one attached hydrogen (secondary N) is 1. The van der Waals surface area contributed by atoms with E-state index in [1.54, 1.807) is 6.07 Å². The van der Waals surface area contributed by atoms with Gasteiger partial charge in [0.15, 0.2) is 0 Å². The maximum Gasteiger partial charge on any atom is 0.256 e. The van der Waals surface area contributed by atoms with Crippen molar-refractivity contribution in [3.05, 3.63) is 88.9 Å². The van der Waals surface area contributed by atoms with Gasteiger partial charge in [-0.05, 0) is 68.8 Å². The van der Waals surface area contributed by atoms with Crippen molar-refractivity contribution in [2.75, 3.05) is 5.32 Å². The molecular weight excluding hydrogens is 353 g/mol. The van der Waals surface area contributed by atoms with Crippen molar-refractivity contribution in [1.29, 1.82) is 0 Å². The Kier molecular flexibility index (Phi) is 4.43. The third-order valence-corrected chi connectivity index (χ3v) is 4.60. The fraction of sp³-hybridized carbons (Fsp3) is 0.130. The molecule has 0 saturated carbocycles. The second kappa shape index (κ2) is 6.93. The maximum atomic E-state index is 13.5. The highest BCUT2D eigenvalue weighted by molar-refractivity contribution is 6.05. The Balaban J connectivity index is 1.87. The van der Waals surface area contributed by atoms with Gasteiger partial charge in [-0.2, -0.15) is 0 Å². The molecule has 140 valence electrons. The van der Waals surface area contributed by atoms with E-state index in [4.69, 9.17) is 4.98 Å². The molecule has 2 aromatic heterocycles. The van der Waals surface area contributed by atoms with Crippen molar-refractivity contribution >= 4 is 17.4 Å². The number of fused-ring (bicyclic) bond motifs is 1. The zero-order valence-electron chi connectivity index (χ0n) is 16.0. The Morgan fingerprint density at radius 2 is 1.71 bits per heavy atom. The van der Waals surface area contributed by atoms with Gasteiger partial charge in [0.1, 0.15) is 23.0 Å². The summed E-state index contributed by atoms with van der Waals surface area (Å²) in [7, 11) is 0. The molecule has 0 aliphatic rings. The molecule has 4 rings (SSSR count). The minimum atomic E-state index is -0.448. The van der Waals surface area contributed by atoms with E-state index in [2.05, 4.69) is 11.4 Å². The van der Waals surface area contributed by atoms with E-state index in [0.29, 0.717) is 11.5 Å². The third-order valence-electron chi connectivity index (χ3n) is 4.60. The first-order chi connectivity index (χ1) is 13.4. The lowest BCUT2D eigenvalue weighted by Crippen LogP contribution is -2.14. The van der Waals surface area contributed by atoms with Crippen LogP contribution in [0.5, 0.6) is 0 Å². The van der Waals surface area contributed by atoms with Crippen LogP contribution in [0, 0.1) is 26.6 Å². The van der Waals surface area contributed by atoms with Gasteiger partial charge in [0, 0.05) is 17.3 Å². The molecule has 1 N–H and O–H groups in total. The Labute approximate surface area is 162 Å². The molecule has 5 heteroatoms. The van der Waals surface area contributed by atoms with E-state index < -0.39 is 5.82 Å². The topological polar surface area (TPSA) is 46.4 Å². The monoisotopic (exact) mass is 373 g/mol. The number of aromatic nitrogens is 2. The number of carbonyl (C=O) groups excluding carboxylic acids is 1. The number of rotatable bonds is 3. The number of carbonyl (C=O) groups is 1. The number of nitrogens with zero attached hydrogens (tertiary/aromatic N) is 2. The molecule has 0 fully saturated rings. The van der Waals surface area contributed by atoms with Crippen LogP contribution in [0.2, 0.25) is 0 Å². The van der Waals surface area contributed by atoms with Gasteiger partial charge < -0.3 is 5.32 Å². The normalized spacial score (nSPS) is 11.0. The first-order valence-corrected chi connectivity index (χ1v) is 9.05. The summed E-state index contributed by atoms with van der Waals surface area (Å²) in [6.45, 7) is 6.05. The molecule has 0 saturated heterocycles. The molecule has 2 heterocycles. The van der Waals surface area contributed by atoms with Crippen LogP contribution < -0.4 is 5.32 Å². The van der Waals surface area contributed by atoms with Crippen LogP contribution in [-0.2, 0) is 0 Å². The quantitative estimate of drug-likeness (QED) is 0.528. The molecule has 28 heavy (non-hydrogen) atoms. The average Bonchev–Trinajstić information content (AvgIpc) is 2.98. The Bertz CT molecular complexity index is 1190. The molecule has 4 aromatic rings. The zero-order chi connectivity index (χ0) is 19.8. The number of imidazole rings is 1. The van der Waals surface area contributed by atoms with E-state index in [1.165, 1.54) is 18.2 Å². The summed E-state index contributed by atoms with van der Waals surface area (Å²) in [4.78, 5) is 17.5. The average molecular weight is 373 g/mol. The van der Waals surface area contributed by atoms with Crippen LogP contribution in [0.3, 0.4) is 0 Å². The molecule has 1 amide bonds. The van der Waals surface area contributed by atoms with Gasteiger partial charge >= 0.3 is 0 Å². The summed E-state index contributed by atoms with van der Waals surface area (Å²) < 4.78 is 15.4. The number of aryl methyl sites for hydroxylation is 3. The van der Waals surface area contributed by atoms with Gasteiger partial charge in [-0.1, -0.05) is 23.3 Å². The third kappa shape index (κ3) is 3.39. The summed E-state index contributed by atoms with van der Waals surface area (Å²) in [5, 5.41) is 2.93. The number of benzene rings is 2. The summed E-state index contributed by atoms with van der Waals surface area (Å²) >= 11 is 0. The largest absolute Gasteiger partial charge is 0.306 e. The fourth-order valence-electron chi connectivity index (χ4n) is 3.39.